The largest absolute Gasteiger partial charge is 0.396 e. The minimum absolute atomic E-state index is 0.307. The summed E-state index contributed by atoms with van der Waals surface area (Å²) < 4.78 is 1.06. The second-order valence-corrected chi connectivity index (χ2v) is 5.06. The standard InChI is InChI=1S/C10H14IN3O/c11-9-5-12-10(13-6-9)14-3-1-8(7-15)2-4-14/h5-6,8,15H,1-4,7H2. The Morgan fingerprint density at radius 3 is 2.47 bits per heavy atom. The van der Waals surface area contributed by atoms with Crippen LogP contribution in [0.1, 0.15) is 12.8 Å². The van der Waals surface area contributed by atoms with Crippen LogP contribution in [0.3, 0.4) is 0 Å². The lowest BCUT2D eigenvalue weighted by Gasteiger charge is -2.30. The molecule has 4 nitrogen and oxygen atoms in total. The molecule has 0 aliphatic carbocycles. The third kappa shape index (κ3) is 2.78. The molecule has 1 N–H and O–H groups in total. The molecule has 2 heterocycles. The van der Waals surface area contributed by atoms with Gasteiger partial charge in [-0.3, -0.25) is 0 Å². The molecule has 2 rings (SSSR count). The molecule has 0 atom stereocenters. The summed E-state index contributed by atoms with van der Waals surface area (Å²) in [5.41, 5.74) is 0. The van der Waals surface area contributed by atoms with Crippen LogP contribution in [0.15, 0.2) is 12.4 Å². The lowest BCUT2D eigenvalue weighted by Crippen LogP contribution is -2.35. The molecule has 5 heteroatoms. The predicted octanol–water partition coefficient (Wildman–Crippen LogP) is 1.29. The van der Waals surface area contributed by atoms with Crippen molar-refractivity contribution >= 4 is 28.5 Å². The van der Waals surface area contributed by atoms with E-state index < -0.39 is 0 Å². The minimum Gasteiger partial charge on any atom is -0.396 e. The zero-order valence-electron chi connectivity index (χ0n) is 8.43. The Morgan fingerprint density at radius 1 is 1.33 bits per heavy atom. The third-order valence-corrected chi connectivity index (χ3v) is 3.32. The van der Waals surface area contributed by atoms with Crippen LogP contribution in [0.5, 0.6) is 0 Å². The van der Waals surface area contributed by atoms with Crippen molar-refractivity contribution in [3.63, 3.8) is 0 Å². The number of rotatable bonds is 2. The van der Waals surface area contributed by atoms with E-state index >= 15 is 0 Å². The number of aliphatic hydroxyl groups excluding tert-OH is 1. The van der Waals surface area contributed by atoms with Gasteiger partial charge in [0.1, 0.15) is 0 Å². The number of anilines is 1. The summed E-state index contributed by atoms with van der Waals surface area (Å²) in [6.45, 7) is 2.21. The van der Waals surface area contributed by atoms with Gasteiger partial charge >= 0.3 is 0 Å². The van der Waals surface area contributed by atoms with Gasteiger partial charge in [0, 0.05) is 35.7 Å². The molecule has 0 saturated carbocycles. The lowest BCUT2D eigenvalue weighted by atomic mass is 9.98. The molecule has 1 aliphatic rings. The van der Waals surface area contributed by atoms with E-state index in [4.69, 9.17) is 5.11 Å². The highest BCUT2D eigenvalue weighted by Gasteiger charge is 2.19. The molecule has 1 fully saturated rings. The zero-order valence-corrected chi connectivity index (χ0v) is 10.6. The number of halogens is 1. The maximum atomic E-state index is 9.03. The highest BCUT2D eigenvalue weighted by molar-refractivity contribution is 14.1. The summed E-state index contributed by atoms with van der Waals surface area (Å²) in [6, 6.07) is 0. The Morgan fingerprint density at radius 2 is 1.93 bits per heavy atom. The van der Waals surface area contributed by atoms with Gasteiger partial charge < -0.3 is 10.0 Å². The van der Waals surface area contributed by atoms with Crippen LogP contribution in [0.25, 0.3) is 0 Å². The molecular formula is C10H14IN3O. The van der Waals surface area contributed by atoms with Crippen molar-refractivity contribution in [1.82, 2.24) is 9.97 Å². The first-order valence-electron chi connectivity index (χ1n) is 5.13. The molecule has 0 bridgehead atoms. The molecule has 0 spiro atoms. The SMILES string of the molecule is OCC1CCN(c2ncc(I)cn2)CC1. The summed E-state index contributed by atoms with van der Waals surface area (Å²) in [6.07, 6.45) is 5.74. The van der Waals surface area contributed by atoms with Crippen molar-refractivity contribution < 1.29 is 5.11 Å². The van der Waals surface area contributed by atoms with Gasteiger partial charge in [-0.2, -0.15) is 0 Å². The number of hydrogen-bond donors (Lipinski definition) is 1. The van der Waals surface area contributed by atoms with E-state index in [0.29, 0.717) is 12.5 Å². The molecule has 1 saturated heterocycles. The van der Waals surface area contributed by atoms with Crippen molar-refractivity contribution in [1.29, 1.82) is 0 Å². The number of piperidine rings is 1. The second kappa shape index (κ2) is 5.07. The van der Waals surface area contributed by atoms with Crippen molar-refractivity contribution in [3.05, 3.63) is 16.0 Å². The summed E-state index contributed by atoms with van der Waals surface area (Å²) in [5.74, 6) is 1.27. The van der Waals surface area contributed by atoms with Crippen molar-refractivity contribution in [3.8, 4) is 0 Å². The Hall–Kier alpha value is -0.430. The van der Waals surface area contributed by atoms with Crippen LogP contribution >= 0.6 is 22.6 Å². The maximum absolute atomic E-state index is 9.03. The molecule has 1 aliphatic heterocycles. The van der Waals surface area contributed by atoms with E-state index in [9.17, 15) is 0 Å². The highest BCUT2D eigenvalue weighted by Crippen LogP contribution is 2.19. The molecule has 0 unspecified atom stereocenters. The second-order valence-electron chi connectivity index (χ2n) is 3.81. The van der Waals surface area contributed by atoms with Crippen molar-refractivity contribution in [2.24, 2.45) is 5.92 Å². The van der Waals surface area contributed by atoms with Crippen LogP contribution < -0.4 is 4.90 Å². The van der Waals surface area contributed by atoms with Gasteiger partial charge in [-0.1, -0.05) is 0 Å². The topological polar surface area (TPSA) is 49.2 Å². The molecule has 0 aromatic carbocycles. The molecule has 82 valence electrons. The molecule has 15 heavy (non-hydrogen) atoms. The molecule has 1 aromatic heterocycles. The smallest absolute Gasteiger partial charge is 0.225 e. The van der Waals surface area contributed by atoms with E-state index in [1.807, 2.05) is 12.4 Å². The van der Waals surface area contributed by atoms with Gasteiger partial charge in [0.15, 0.2) is 0 Å². The van der Waals surface area contributed by atoms with Crippen LogP contribution in [0, 0.1) is 9.49 Å². The van der Waals surface area contributed by atoms with Crippen LogP contribution in [-0.2, 0) is 0 Å². The van der Waals surface area contributed by atoms with Gasteiger partial charge in [0.05, 0.1) is 0 Å². The minimum atomic E-state index is 0.307. The molecule has 0 amide bonds. The van der Waals surface area contributed by atoms with Crippen molar-refractivity contribution in [2.45, 2.75) is 12.8 Å². The van der Waals surface area contributed by atoms with E-state index in [2.05, 4.69) is 37.5 Å². The maximum Gasteiger partial charge on any atom is 0.225 e. The first-order chi connectivity index (χ1) is 7.29. The van der Waals surface area contributed by atoms with Gasteiger partial charge in [0.2, 0.25) is 5.95 Å². The van der Waals surface area contributed by atoms with Gasteiger partial charge in [-0.15, -0.1) is 0 Å². The Labute approximate surface area is 103 Å². The summed E-state index contributed by atoms with van der Waals surface area (Å²) in [4.78, 5) is 10.8. The average molecular weight is 319 g/mol. The number of aromatic nitrogens is 2. The Bertz CT molecular complexity index is 309. The Balaban J connectivity index is 1.98. The van der Waals surface area contributed by atoms with E-state index in [-0.39, 0.29) is 0 Å². The first kappa shape index (κ1) is 11.1. The van der Waals surface area contributed by atoms with Gasteiger partial charge in [0.25, 0.3) is 0 Å². The van der Waals surface area contributed by atoms with E-state index in [1.54, 1.807) is 0 Å². The first-order valence-corrected chi connectivity index (χ1v) is 6.21. The van der Waals surface area contributed by atoms with Crippen LogP contribution in [-0.4, -0.2) is 34.8 Å². The predicted molar refractivity (Wildman–Crippen MR) is 66.8 cm³/mol. The third-order valence-electron chi connectivity index (χ3n) is 2.76. The van der Waals surface area contributed by atoms with E-state index in [0.717, 1.165) is 35.4 Å². The zero-order chi connectivity index (χ0) is 10.7. The summed E-state index contributed by atoms with van der Waals surface area (Å²) >= 11 is 2.20. The van der Waals surface area contributed by atoms with Crippen LogP contribution in [0.2, 0.25) is 0 Å². The lowest BCUT2D eigenvalue weighted by molar-refractivity contribution is 0.202. The average Bonchev–Trinajstić information content (AvgIpc) is 2.30. The fraction of sp³-hybridized carbons (Fsp3) is 0.600. The Kier molecular flexibility index (Phi) is 3.74. The normalized spacial score (nSPS) is 18.1. The molecule has 0 radical (unpaired) electrons. The summed E-state index contributed by atoms with van der Waals surface area (Å²) in [7, 11) is 0. The number of nitrogens with zero attached hydrogens (tertiary/aromatic N) is 3. The summed E-state index contributed by atoms with van der Waals surface area (Å²) in [5, 5.41) is 9.03. The van der Waals surface area contributed by atoms with E-state index in [1.165, 1.54) is 0 Å². The van der Waals surface area contributed by atoms with Gasteiger partial charge in [-0.25, -0.2) is 9.97 Å². The number of aliphatic hydroxyl groups is 1. The quantitative estimate of drug-likeness (QED) is 0.835. The highest BCUT2D eigenvalue weighted by atomic mass is 127. The van der Waals surface area contributed by atoms with Gasteiger partial charge in [-0.05, 0) is 41.4 Å². The molecular weight excluding hydrogens is 305 g/mol. The number of hydrogen-bond acceptors (Lipinski definition) is 4. The fourth-order valence-electron chi connectivity index (χ4n) is 1.78. The fourth-order valence-corrected chi connectivity index (χ4v) is 2.06. The molecule has 1 aromatic rings. The van der Waals surface area contributed by atoms with Crippen LogP contribution in [0.4, 0.5) is 5.95 Å². The van der Waals surface area contributed by atoms with Crippen molar-refractivity contribution in [2.75, 3.05) is 24.6 Å². The monoisotopic (exact) mass is 319 g/mol.